The summed E-state index contributed by atoms with van der Waals surface area (Å²) in [6.07, 6.45) is 0.629. The lowest BCUT2D eigenvalue weighted by atomic mass is 10.0. The molecule has 0 unspecified atom stereocenters. The van der Waals surface area contributed by atoms with Crippen molar-refractivity contribution in [1.29, 1.82) is 0 Å². The molecule has 5 nitrogen and oxygen atoms in total. The number of nitrogens with one attached hydrogen (secondary N) is 1. The summed E-state index contributed by atoms with van der Waals surface area (Å²) in [6.45, 7) is 2.24. The van der Waals surface area contributed by atoms with E-state index in [9.17, 15) is 9.59 Å². The number of nitrogens with two attached hydrogens (primary N) is 2. The van der Waals surface area contributed by atoms with Gasteiger partial charge in [-0.1, -0.05) is 36.4 Å². The van der Waals surface area contributed by atoms with Crippen molar-refractivity contribution >= 4 is 11.8 Å². The van der Waals surface area contributed by atoms with Gasteiger partial charge in [0.25, 0.3) is 5.91 Å². The van der Waals surface area contributed by atoms with Gasteiger partial charge in [0.2, 0.25) is 5.91 Å². The summed E-state index contributed by atoms with van der Waals surface area (Å²) < 4.78 is 0. The number of rotatable bonds is 6. The van der Waals surface area contributed by atoms with Crippen molar-refractivity contribution in [2.24, 2.45) is 11.5 Å². The first kappa shape index (κ1) is 16.7. The van der Waals surface area contributed by atoms with Crippen molar-refractivity contribution in [2.75, 3.05) is 6.54 Å². The highest BCUT2D eigenvalue weighted by Crippen LogP contribution is 2.17. The molecule has 0 saturated carbocycles. The number of carbonyl (C=O) groups excluding carboxylic acids is 2. The fourth-order valence-electron chi connectivity index (χ4n) is 2.44. The van der Waals surface area contributed by atoms with Crippen LogP contribution in [0.3, 0.4) is 0 Å². The van der Waals surface area contributed by atoms with E-state index < -0.39 is 5.91 Å². The highest BCUT2D eigenvalue weighted by Gasteiger charge is 2.16. The highest BCUT2D eigenvalue weighted by atomic mass is 16.2. The van der Waals surface area contributed by atoms with Crippen molar-refractivity contribution in [1.82, 2.24) is 5.32 Å². The minimum Gasteiger partial charge on any atom is -0.366 e. The van der Waals surface area contributed by atoms with Crippen molar-refractivity contribution in [3.8, 4) is 0 Å². The first-order valence-corrected chi connectivity index (χ1v) is 7.49. The smallest absolute Gasteiger partial charge is 0.251 e. The summed E-state index contributed by atoms with van der Waals surface area (Å²) in [5, 5.41) is 2.97. The van der Waals surface area contributed by atoms with Crippen LogP contribution in [0.25, 0.3) is 0 Å². The zero-order valence-corrected chi connectivity index (χ0v) is 13.1. The molecule has 0 fully saturated rings. The molecule has 2 amide bonds. The van der Waals surface area contributed by atoms with Gasteiger partial charge in [-0.3, -0.25) is 9.59 Å². The summed E-state index contributed by atoms with van der Waals surface area (Å²) in [7, 11) is 0. The maximum Gasteiger partial charge on any atom is 0.251 e. The number of benzene rings is 2. The van der Waals surface area contributed by atoms with Gasteiger partial charge in [0.15, 0.2) is 0 Å². The molecular weight excluding hydrogens is 290 g/mol. The lowest BCUT2D eigenvalue weighted by Crippen LogP contribution is -2.30. The number of hydrogen-bond acceptors (Lipinski definition) is 3. The van der Waals surface area contributed by atoms with Crippen molar-refractivity contribution < 1.29 is 9.59 Å². The minimum absolute atomic E-state index is 0.174. The summed E-state index contributed by atoms with van der Waals surface area (Å²) in [4.78, 5) is 23.9. The van der Waals surface area contributed by atoms with Crippen LogP contribution in [0, 0.1) is 6.92 Å². The van der Waals surface area contributed by atoms with Crippen LogP contribution >= 0.6 is 0 Å². The van der Waals surface area contributed by atoms with Crippen LogP contribution in [0.15, 0.2) is 48.5 Å². The van der Waals surface area contributed by atoms with Gasteiger partial charge in [-0.05, 0) is 43.1 Å². The number of primary amides is 1. The molecule has 0 spiro atoms. The Labute approximate surface area is 135 Å². The third-order valence-electron chi connectivity index (χ3n) is 3.73. The van der Waals surface area contributed by atoms with E-state index in [4.69, 9.17) is 11.5 Å². The van der Waals surface area contributed by atoms with Crippen LogP contribution in [-0.2, 0) is 0 Å². The second-order valence-corrected chi connectivity index (χ2v) is 5.41. The van der Waals surface area contributed by atoms with E-state index in [2.05, 4.69) is 5.32 Å². The first-order chi connectivity index (χ1) is 11.0. The van der Waals surface area contributed by atoms with Crippen molar-refractivity contribution in [2.45, 2.75) is 19.4 Å². The van der Waals surface area contributed by atoms with Crippen LogP contribution < -0.4 is 16.8 Å². The van der Waals surface area contributed by atoms with Gasteiger partial charge in [0, 0.05) is 11.1 Å². The summed E-state index contributed by atoms with van der Waals surface area (Å²) >= 11 is 0. The summed E-state index contributed by atoms with van der Waals surface area (Å²) in [5.74, 6) is -0.798. The van der Waals surface area contributed by atoms with Gasteiger partial charge in [0.05, 0.1) is 6.04 Å². The lowest BCUT2D eigenvalue weighted by Gasteiger charge is -2.19. The Morgan fingerprint density at radius 3 is 2.43 bits per heavy atom. The Hall–Kier alpha value is -2.66. The molecule has 1 atom stereocenters. The Kier molecular flexibility index (Phi) is 5.49. The quantitative estimate of drug-likeness (QED) is 0.760. The third-order valence-corrected chi connectivity index (χ3v) is 3.73. The molecule has 2 aromatic carbocycles. The molecule has 2 aromatic rings. The van der Waals surface area contributed by atoms with E-state index in [1.54, 1.807) is 19.1 Å². The van der Waals surface area contributed by atoms with E-state index in [0.29, 0.717) is 24.1 Å². The van der Waals surface area contributed by atoms with E-state index in [1.807, 2.05) is 30.3 Å². The molecular formula is C18H21N3O2. The molecule has 0 radical (unpaired) electrons. The SMILES string of the molecule is Cc1ccc(C(=O)N[C@H](CCN)c2ccccc2)cc1C(N)=O. The molecule has 0 bridgehead atoms. The second kappa shape index (κ2) is 7.56. The van der Waals surface area contributed by atoms with Gasteiger partial charge in [-0.25, -0.2) is 0 Å². The van der Waals surface area contributed by atoms with Crippen molar-refractivity contribution in [3.63, 3.8) is 0 Å². The van der Waals surface area contributed by atoms with Crippen LogP contribution in [0.2, 0.25) is 0 Å². The molecule has 120 valence electrons. The lowest BCUT2D eigenvalue weighted by molar-refractivity contribution is 0.0935. The molecule has 0 aliphatic heterocycles. The standard InChI is InChI=1S/C18H21N3O2/c1-12-7-8-14(11-15(12)17(20)22)18(23)21-16(9-10-19)13-5-3-2-4-6-13/h2-8,11,16H,9-10,19H2,1H3,(H2,20,22)(H,21,23)/t16-/m1/s1. The predicted molar refractivity (Wildman–Crippen MR) is 90.0 cm³/mol. The number of hydrogen-bond donors (Lipinski definition) is 3. The molecule has 0 aliphatic rings. The molecule has 5 heteroatoms. The summed E-state index contributed by atoms with van der Waals surface area (Å²) in [5.41, 5.74) is 13.5. The largest absolute Gasteiger partial charge is 0.366 e. The number of amides is 2. The molecule has 5 N–H and O–H groups in total. The first-order valence-electron chi connectivity index (χ1n) is 7.49. The van der Waals surface area contributed by atoms with E-state index in [1.165, 1.54) is 6.07 Å². The van der Waals surface area contributed by atoms with Gasteiger partial charge in [-0.2, -0.15) is 0 Å². The van der Waals surface area contributed by atoms with Crippen LogP contribution in [0.1, 0.15) is 44.3 Å². The zero-order chi connectivity index (χ0) is 16.8. The Bertz CT molecular complexity index is 699. The van der Waals surface area contributed by atoms with Crippen LogP contribution in [0.4, 0.5) is 0 Å². The predicted octanol–water partition coefficient (Wildman–Crippen LogP) is 1.91. The minimum atomic E-state index is -0.543. The fraction of sp³-hybridized carbons (Fsp3) is 0.222. The van der Waals surface area contributed by atoms with Gasteiger partial charge in [-0.15, -0.1) is 0 Å². The Morgan fingerprint density at radius 1 is 1.13 bits per heavy atom. The Morgan fingerprint density at radius 2 is 1.83 bits per heavy atom. The maximum atomic E-state index is 12.5. The zero-order valence-electron chi connectivity index (χ0n) is 13.1. The van der Waals surface area contributed by atoms with E-state index >= 15 is 0 Å². The molecule has 23 heavy (non-hydrogen) atoms. The summed E-state index contributed by atoms with van der Waals surface area (Å²) in [6, 6.07) is 14.4. The van der Waals surface area contributed by atoms with Gasteiger partial charge in [0.1, 0.15) is 0 Å². The third kappa shape index (κ3) is 4.17. The highest BCUT2D eigenvalue weighted by molar-refractivity contribution is 6.00. The van der Waals surface area contributed by atoms with Crippen LogP contribution in [0.5, 0.6) is 0 Å². The van der Waals surface area contributed by atoms with E-state index in [-0.39, 0.29) is 11.9 Å². The van der Waals surface area contributed by atoms with Gasteiger partial charge < -0.3 is 16.8 Å². The Balaban J connectivity index is 2.22. The molecule has 0 saturated heterocycles. The van der Waals surface area contributed by atoms with Crippen LogP contribution in [-0.4, -0.2) is 18.4 Å². The normalized spacial score (nSPS) is 11.7. The molecule has 0 aromatic heterocycles. The second-order valence-electron chi connectivity index (χ2n) is 5.41. The molecule has 0 heterocycles. The number of aryl methyl sites for hydroxylation is 1. The maximum absolute atomic E-state index is 12.5. The molecule has 2 rings (SSSR count). The fourth-order valence-corrected chi connectivity index (χ4v) is 2.44. The topological polar surface area (TPSA) is 98.2 Å². The van der Waals surface area contributed by atoms with E-state index in [0.717, 1.165) is 11.1 Å². The van der Waals surface area contributed by atoms with Gasteiger partial charge >= 0.3 is 0 Å². The molecule has 0 aliphatic carbocycles. The monoisotopic (exact) mass is 311 g/mol. The average molecular weight is 311 g/mol. The number of carbonyl (C=O) groups is 2. The van der Waals surface area contributed by atoms with Crippen molar-refractivity contribution in [3.05, 3.63) is 70.8 Å². The average Bonchev–Trinajstić information content (AvgIpc) is 2.55.